The fraction of sp³-hybridized carbons (Fsp3) is 0.333. The van der Waals surface area contributed by atoms with E-state index in [0.717, 1.165) is 0 Å². The molecule has 6 nitrogen and oxygen atoms in total. The van der Waals surface area contributed by atoms with E-state index in [1.807, 2.05) is 0 Å². The van der Waals surface area contributed by atoms with Crippen LogP contribution < -0.4 is 11.5 Å². The van der Waals surface area contributed by atoms with Crippen molar-refractivity contribution in [3.05, 3.63) is 24.0 Å². The van der Waals surface area contributed by atoms with Crippen LogP contribution in [-0.4, -0.2) is 27.2 Å². The first kappa shape index (κ1) is 11.4. The topological polar surface area (TPSA) is 122 Å². The summed E-state index contributed by atoms with van der Waals surface area (Å²) in [6.45, 7) is 0. The summed E-state index contributed by atoms with van der Waals surface area (Å²) in [5.41, 5.74) is 11.0. The molecule has 1 amide bonds. The van der Waals surface area contributed by atoms with Crippen LogP contribution in [0.1, 0.15) is 18.2 Å². The van der Waals surface area contributed by atoms with Crippen molar-refractivity contribution in [2.75, 3.05) is 5.73 Å². The zero-order chi connectivity index (χ0) is 11.4. The van der Waals surface area contributed by atoms with Gasteiger partial charge in [-0.25, -0.2) is 0 Å². The van der Waals surface area contributed by atoms with E-state index in [1.165, 1.54) is 12.3 Å². The van der Waals surface area contributed by atoms with Crippen LogP contribution in [0.15, 0.2) is 18.3 Å². The minimum Gasteiger partial charge on any atom is -0.397 e. The van der Waals surface area contributed by atoms with Gasteiger partial charge in [-0.2, -0.15) is 0 Å². The second-order valence-corrected chi connectivity index (χ2v) is 3.20. The van der Waals surface area contributed by atoms with Crippen LogP contribution in [-0.2, 0) is 4.79 Å². The average Bonchev–Trinajstić information content (AvgIpc) is 2.17. The van der Waals surface area contributed by atoms with Gasteiger partial charge in [0.1, 0.15) is 6.10 Å². The Morgan fingerprint density at radius 2 is 2.13 bits per heavy atom. The van der Waals surface area contributed by atoms with E-state index in [9.17, 15) is 15.0 Å². The number of primary amides is 1. The summed E-state index contributed by atoms with van der Waals surface area (Å²) < 4.78 is 0. The highest BCUT2D eigenvalue weighted by atomic mass is 16.3. The Kier molecular flexibility index (Phi) is 3.59. The maximum absolute atomic E-state index is 10.5. The first-order valence-corrected chi connectivity index (χ1v) is 4.36. The molecule has 0 radical (unpaired) electrons. The van der Waals surface area contributed by atoms with Crippen molar-refractivity contribution in [2.45, 2.75) is 18.6 Å². The quantitative estimate of drug-likeness (QED) is 0.505. The number of carbonyl (C=O) groups is 1. The smallest absolute Gasteiger partial charge is 0.220 e. The summed E-state index contributed by atoms with van der Waals surface area (Å²) in [5.74, 6) is -0.683. The van der Waals surface area contributed by atoms with Crippen LogP contribution in [0.5, 0.6) is 0 Å². The molecular weight excluding hydrogens is 198 g/mol. The fourth-order valence-corrected chi connectivity index (χ4v) is 1.11. The summed E-state index contributed by atoms with van der Waals surface area (Å²) >= 11 is 0. The molecule has 1 aromatic rings. The number of rotatable bonds is 4. The number of aliphatic hydroxyl groups excluding tert-OH is 2. The number of hydrogen-bond acceptors (Lipinski definition) is 5. The van der Waals surface area contributed by atoms with E-state index in [1.54, 1.807) is 6.07 Å². The van der Waals surface area contributed by atoms with E-state index >= 15 is 0 Å². The molecule has 2 unspecified atom stereocenters. The number of amides is 1. The Labute approximate surface area is 86.5 Å². The Bertz CT molecular complexity index is 339. The van der Waals surface area contributed by atoms with Crippen LogP contribution in [0.3, 0.4) is 0 Å². The van der Waals surface area contributed by atoms with Crippen LogP contribution >= 0.6 is 0 Å². The molecule has 0 saturated heterocycles. The van der Waals surface area contributed by atoms with Crippen molar-refractivity contribution in [3.8, 4) is 0 Å². The van der Waals surface area contributed by atoms with E-state index in [-0.39, 0.29) is 12.1 Å². The lowest BCUT2D eigenvalue weighted by atomic mass is 10.1. The highest BCUT2D eigenvalue weighted by Gasteiger charge is 2.21. The Morgan fingerprint density at radius 3 is 2.60 bits per heavy atom. The summed E-state index contributed by atoms with van der Waals surface area (Å²) in [6.07, 6.45) is -1.44. The Balaban J connectivity index is 2.71. The lowest BCUT2D eigenvalue weighted by Gasteiger charge is -2.15. The van der Waals surface area contributed by atoms with Gasteiger partial charge in [-0.15, -0.1) is 0 Å². The molecule has 0 aliphatic carbocycles. The maximum atomic E-state index is 10.5. The number of aromatic nitrogens is 1. The second-order valence-electron chi connectivity index (χ2n) is 3.20. The minimum atomic E-state index is -1.25. The number of hydrogen-bond donors (Lipinski definition) is 4. The summed E-state index contributed by atoms with van der Waals surface area (Å²) in [5, 5.41) is 19.0. The van der Waals surface area contributed by atoms with E-state index < -0.39 is 18.1 Å². The second kappa shape index (κ2) is 4.72. The van der Waals surface area contributed by atoms with Crippen LogP contribution in [0.25, 0.3) is 0 Å². The predicted molar refractivity (Wildman–Crippen MR) is 53.4 cm³/mol. The molecule has 82 valence electrons. The van der Waals surface area contributed by atoms with Gasteiger partial charge in [0.15, 0.2) is 0 Å². The third kappa shape index (κ3) is 3.19. The number of pyridine rings is 1. The third-order valence-corrected chi connectivity index (χ3v) is 1.89. The monoisotopic (exact) mass is 211 g/mol. The SMILES string of the molecule is NC(=O)CC(O)C(O)c1ccc(N)cn1. The standard InChI is InChI=1S/C9H13N3O3/c10-5-1-2-6(12-4-5)9(15)7(13)3-8(11)14/h1-2,4,7,9,13,15H,3,10H2,(H2,11,14). The third-order valence-electron chi connectivity index (χ3n) is 1.89. The number of anilines is 1. The number of carbonyl (C=O) groups excluding carboxylic acids is 1. The molecule has 0 aliphatic rings. The number of nitrogens with two attached hydrogens (primary N) is 2. The van der Waals surface area contributed by atoms with Crippen molar-refractivity contribution >= 4 is 11.6 Å². The average molecular weight is 211 g/mol. The van der Waals surface area contributed by atoms with Crippen molar-refractivity contribution in [1.29, 1.82) is 0 Å². The molecule has 2 atom stereocenters. The number of nitrogen functional groups attached to an aromatic ring is 1. The lowest BCUT2D eigenvalue weighted by Crippen LogP contribution is -2.26. The van der Waals surface area contributed by atoms with Gasteiger partial charge in [0.25, 0.3) is 0 Å². The van der Waals surface area contributed by atoms with Crippen molar-refractivity contribution in [2.24, 2.45) is 5.73 Å². The van der Waals surface area contributed by atoms with Crippen LogP contribution in [0.4, 0.5) is 5.69 Å². The van der Waals surface area contributed by atoms with Crippen LogP contribution in [0, 0.1) is 0 Å². The van der Waals surface area contributed by atoms with Gasteiger partial charge in [-0.3, -0.25) is 9.78 Å². The van der Waals surface area contributed by atoms with E-state index in [4.69, 9.17) is 11.5 Å². The fourth-order valence-electron chi connectivity index (χ4n) is 1.11. The van der Waals surface area contributed by atoms with E-state index in [0.29, 0.717) is 5.69 Å². The molecule has 0 bridgehead atoms. The zero-order valence-corrected chi connectivity index (χ0v) is 8.00. The molecule has 0 aliphatic heterocycles. The Hall–Kier alpha value is -1.66. The molecule has 6 N–H and O–H groups in total. The molecule has 0 spiro atoms. The molecule has 0 aromatic carbocycles. The van der Waals surface area contributed by atoms with Gasteiger partial charge in [0, 0.05) is 0 Å². The highest BCUT2D eigenvalue weighted by molar-refractivity contribution is 5.74. The van der Waals surface area contributed by atoms with Crippen molar-refractivity contribution in [1.82, 2.24) is 4.98 Å². The van der Waals surface area contributed by atoms with Crippen LogP contribution in [0.2, 0.25) is 0 Å². The van der Waals surface area contributed by atoms with Gasteiger partial charge in [-0.05, 0) is 12.1 Å². The van der Waals surface area contributed by atoms with Crippen molar-refractivity contribution < 1.29 is 15.0 Å². The maximum Gasteiger partial charge on any atom is 0.220 e. The normalized spacial score (nSPS) is 14.5. The van der Waals surface area contributed by atoms with E-state index in [2.05, 4.69) is 4.98 Å². The zero-order valence-electron chi connectivity index (χ0n) is 8.00. The Morgan fingerprint density at radius 1 is 1.47 bits per heavy atom. The number of aliphatic hydroxyl groups is 2. The minimum absolute atomic E-state index is 0.248. The first-order valence-electron chi connectivity index (χ1n) is 4.36. The summed E-state index contributed by atoms with van der Waals surface area (Å²) in [7, 11) is 0. The van der Waals surface area contributed by atoms with Gasteiger partial charge < -0.3 is 21.7 Å². The van der Waals surface area contributed by atoms with Gasteiger partial charge >= 0.3 is 0 Å². The largest absolute Gasteiger partial charge is 0.397 e. The molecule has 6 heteroatoms. The molecule has 0 fully saturated rings. The summed E-state index contributed by atoms with van der Waals surface area (Å²) in [4.78, 5) is 14.3. The number of nitrogens with zero attached hydrogens (tertiary/aromatic N) is 1. The van der Waals surface area contributed by atoms with Crippen molar-refractivity contribution in [3.63, 3.8) is 0 Å². The molecular formula is C9H13N3O3. The molecule has 15 heavy (non-hydrogen) atoms. The summed E-state index contributed by atoms with van der Waals surface area (Å²) in [6, 6.07) is 3.02. The predicted octanol–water partition coefficient (Wildman–Crippen LogP) is -1.07. The highest BCUT2D eigenvalue weighted by Crippen LogP contribution is 2.17. The first-order chi connectivity index (χ1) is 7.00. The molecule has 1 heterocycles. The molecule has 1 rings (SSSR count). The van der Waals surface area contributed by atoms with Gasteiger partial charge in [-0.1, -0.05) is 0 Å². The molecule has 0 saturated carbocycles. The van der Waals surface area contributed by atoms with Gasteiger partial charge in [0.05, 0.1) is 30.1 Å². The van der Waals surface area contributed by atoms with Gasteiger partial charge in [0.2, 0.25) is 5.91 Å². The lowest BCUT2D eigenvalue weighted by molar-refractivity contribution is -0.121. The molecule has 1 aromatic heterocycles.